The van der Waals surface area contributed by atoms with Gasteiger partial charge in [-0.2, -0.15) is 0 Å². The lowest BCUT2D eigenvalue weighted by molar-refractivity contribution is 1.28. The van der Waals surface area contributed by atoms with Gasteiger partial charge in [-0.15, -0.1) is 0 Å². The minimum Gasteiger partial charge on any atom is -0.323 e. The van der Waals surface area contributed by atoms with Gasteiger partial charge in [0.2, 0.25) is 5.78 Å². The molecule has 0 radical (unpaired) electrons. The first kappa shape index (κ1) is 9.71. The fourth-order valence-electron chi connectivity index (χ4n) is 2.60. The number of aromatic amines is 1. The lowest BCUT2D eigenvalue weighted by Gasteiger charge is -2.00. The maximum atomic E-state index is 4.72. The predicted molar refractivity (Wildman–Crippen MR) is 74.0 cm³/mol. The van der Waals surface area contributed by atoms with Crippen molar-refractivity contribution in [1.29, 1.82) is 0 Å². The van der Waals surface area contributed by atoms with Gasteiger partial charge in [0.15, 0.2) is 0 Å². The molecular formula is C15H13N3. The summed E-state index contributed by atoms with van der Waals surface area (Å²) in [7, 11) is 0. The van der Waals surface area contributed by atoms with E-state index in [0.717, 1.165) is 16.8 Å². The highest BCUT2D eigenvalue weighted by atomic mass is 15.1. The van der Waals surface area contributed by atoms with Crippen LogP contribution >= 0.6 is 0 Å². The highest BCUT2D eigenvalue weighted by Gasteiger charge is 2.12. The molecule has 2 aromatic heterocycles. The van der Waals surface area contributed by atoms with E-state index in [2.05, 4.69) is 53.6 Å². The molecule has 0 spiro atoms. The Bertz CT molecular complexity index is 896. The van der Waals surface area contributed by atoms with E-state index < -0.39 is 0 Å². The zero-order valence-electron chi connectivity index (χ0n) is 10.4. The molecular weight excluding hydrogens is 222 g/mol. The van der Waals surface area contributed by atoms with Crippen LogP contribution in [0.4, 0.5) is 0 Å². The Morgan fingerprint density at radius 3 is 2.72 bits per heavy atom. The van der Waals surface area contributed by atoms with Crippen LogP contribution in [0, 0.1) is 13.8 Å². The van der Waals surface area contributed by atoms with Crippen LogP contribution in [-0.2, 0) is 0 Å². The van der Waals surface area contributed by atoms with Crippen molar-refractivity contribution in [2.45, 2.75) is 13.8 Å². The van der Waals surface area contributed by atoms with Gasteiger partial charge in [0, 0.05) is 0 Å². The summed E-state index contributed by atoms with van der Waals surface area (Å²) in [4.78, 5) is 8.09. The first-order chi connectivity index (χ1) is 8.75. The van der Waals surface area contributed by atoms with E-state index in [0.29, 0.717) is 0 Å². The van der Waals surface area contributed by atoms with Crippen LogP contribution in [-0.4, -0.2) is 14.4 Å². The highest BCUT2D eigenvalue weighted by Crippen LogP contribution is 2.26. The number of imidazole rings is 2. The summed E-state index contributed by atoms with van der Waals surface area (Å²) in [6.45, 7) is 4.26. The van der Waals surface area contributed by atoms with Crippen LogP contribution < -0.4 is 0 Å². The number of nitrogens with zero attached hydrogens (tertiary/aromatic N) is 2. The van der Waals surface area contributed by atoms with Crippen molar-refractivity contribution in [3.63, 3.8) is 0 Å². The topological polar surface area (TPSA) is 33.1 Å². The van der Waals surface area contributed by atoms with Gasteiger partial charge in [0.25, 0.3) is 0 Å². The van der Waals surface area contributed by atoms with Crippen molar-refractivity contribution in [2.24, 2.45) is 0 Å². The summed E-state index contributed by atoms with van der Waals surface area (Å²) in [5.41, 5.74) is 7.11. The summed E-state index contributed by atoms with van der Waals surface area (Å²) in [6, 6.07) is 12.6. The second-order valence-corrected chi connectivity index (χ2v) is 4.79. The van der Waals surface area contributed by atoms with E-state index >= 15 is 0 Å². The monoisotopic (exact) mass is 235 g/mol. The second-order valence-electron chi connectivity index (χ2n) is 4.79. The quantitative estimate of drug-likeness (QED) is 0.496. The predicted octanol–water partition coefficient (Wildman–Crippen LogP) is 3.59. The smallest absolute Gasteiger partial charge is 0.213 e. The summed E-state index contributed by atoms with van der Waals surface area (Å²) >= 11 is 0. The molecule has 18 heavy (non-hydrogen) atoms. The van der Waals surface area contributed by atoms with Crippen molar-refractivity contribution in [2.75, 3.05) is 0 Å². The van der Waals surface area contributed by atoms with E-state index in [1.165, 1.54) is 22.2 Å². The molecule has 2 aromatic carbocycles. The maximum absolute atomic E-state index is 4.72. The molecule has 0 fully saturated rings. The third kappa shape index (κ3) is 1.06. The molecule has 88 valence electrons. The molecule has 4 rings (SSSR count). The van der Waals surface area contributed by atoms with Crippen molar-refractivity contribution < 1.29 is 0 Å². The van der Waals surface area contributed by atoms with Crippen LogP contribution in [0.2, 0.25) is 0 Å². The van der Waals surface area contributed by atoms with Crippen LogP contribution in [0.5, 0.6) is 0 Å². The number of rotatable bonds is 0. The molecule has 0 unspecified atom stereocenters. The highest BCUT2D eigenvalue weighted by molar-refractivity contribution is 5.91. The maximum Gasteiger partial charge on any atom is 0.213 e. The van der Waals surface area contributed by atoms with Gasteiger partial charge in [-0.25, -0.2) is 4.98 Å². The van der Waals surface area contributed by atoms with E-state index in [1.807, 2.05) is 6.07 Å². The number of aryl methyl sites for hydroxylation is 2. The molecule has 0 bridgehead atoms. The molecule has 0 saturated carbocycles. The minimum absolute atomic E-state index is 0.917. The van der Waals surface area contributed by atoms with Gasteiger partial charge in [-0.3, -0.25) is 4.40 Å². The summed E-state index contributed by atoms with van der Waals surface area (Å²) in [6.07, 6.45) is 0. The van der Waals surface area contributed by atoms with E-state index in [-0.39, 0.29) is 0 Å². The number of nitrogens with one attached hydrogen (secondary N) is 1. The molecule has 1 N–H and O–H groups in total. The van der Waals surface area contributed by atoms with Crippen LogP contribution in [0.25, 0.3) is 27.8 Å². The summed E-state index contributed by atoms with van der Waals surface area (Å²) < 4.78 is 2.19. The first-order valence-electron chi connectivity index (χ1n) is 6.11. The fraction of sp³-hybridized carbons (Fsp3) is 0.133. The molecule has 4 aromatic rings. The number of benzene rings is 2. The van der Waals surface area contributed by atoms with Gasteiger partial charge in [-0.05, 0) is 43.2 Å². The number of hydrogen-bond acceptors (Lipinski definition) is 1. The van der Waals surface area contributed by atoms with Gasteiger partial charge in [0.05, 0.1) is 22.1 Å². The molecule has 0 aliphatic carbocycles. The number of fused-ring (bicyclic) bond motifs is 5. The molecule has 0 amide bonds. The average Bonchev–Trinajstić information content (AvgIpc) is 2.90. The zero-order valence-corrected chi connectivity index (χ0v) is 10.4. The first-order valence-corrected chi connectivity index (χ1v) is 6.11. The molecule has 2 heterocycles. The van der Waals surface area contributed by atoms with Crippen LogP contribution in [0.3, 0.4) is 0 Å². The Kier molecular flexibility index (Phi) is 1.69. The summed E-state index contributed by atoms with van der Waals surface area (Å²) in [5, 5.41) is 0. The van der Waals surface area contributed by atoms with Crippen LogP contribution in [0.1, 0.15) is 11.1 Å². The Labute approximate surface area is 104 Å². The van der Waals surface area contributed by atoms with E-state index in [1.54, 1.807) is 0 Å². The zero-order chi connectivity index (χ0) is 12.3. The van der Waals surface area contributed by atoms with Crippen molar-refractivity contribution >= 4 is 27.8 Å². The minimum atomic E-state index is 0.917. The van der Waals surface area contributed by atoms with Crippen molar-refractivity contribution in [1.82, 2.24) is 14.4 Å². The van der Waals surface area contributed by atoms with Gasteiger partial charge in [0.1, 0.15) is 0 Å². The lowest BCUT2D eigenvalue weighted by atomic mass is 10.1. The lowest BCUT2D eigenvalue weighted by Crippen LogP contribution is -1.84. The largest absolute Gasteiger partial charge is 0.323 e. The SMILES string of the molecule is Cc1ccc2c(nc3[nH]c4ccccc4n32)c1C. The van der Waals surface area contributed by atoms with Gasteiger partial charge in [-0.1, -0.05) is 18.2 Å². The third-order valence-corrected chi connectivity index (χ3v) is 3.74. The normalized spacial score (nSPS) is 11.9. The Morgan fingerprint density at radius 2 is 1.83 bits per heavy atom. The standard InChI is InChI=1S/C15H13N3/c1-9-7-8-13-14(10(9)2)17-15-16-11-5-3-4-6-12(11)18(13)15/h3-8H,1-2H3,(H,16,17). The van der Waals surface area contributed by atoms with Gasteiger partial charge < -0.3 is 4.98 Å². The Balaban J connectivity index is 2.32. The van der Waals surface area contributed by atoms with Crippen molar-refractivity contribution in [3.8, 4) is 0 Å². The molecule has 0 atom stereocenters. The molecule has 3 heteroatoms. The second kappa shape index (κ2) is 3.13. The Morgan fingerprint density at radius 1 is 1.00 bits per heavy atom. The third-order valence-electron chi connectivity index (χ3n) is 3.74. The number of aromatic nitrogens is 3. The molecule has 0 saturated heterocycles. The molecule has 0 aliphatic rings. The summed E-state index contributed by atoms with van der Waals surface area (Å²) in [5.74, 6) is 0.917. The van der Waals surface area contributed by atoms with E-state index in [4.69, 9.17) is 4.98 Å². The molecule has 0 aliphatic heterocycles. The average molecular weight is 235 g/mol. The number of H-pyrrole nitrogens is 1. The van der Waals surface area contributed by atoms with Crippen LogP contribution in [0.15, 0.2) is 36.4 Å². The Hall–Kier alpha value is -2.29. The van der Waals surface area contributed by atoms with Crippen molar-refractivity contribution in [3.05, 3.63) is 47.5 Å². The fourth-order valence-corrected chi connectivity index (χ4v) is 2.60. The van der Waals surface area contributed by atoms with E-state index in [9.17, 15) is 0 Å². The molecule has 3 nitrogen and oxygen atoms in total. The number of para-hydroxylation sites is 2. The van der Waals surface area contributed by atoms with Gasteiger partial charge >= 0.3 is 0 Å². The number of hydrogen-bond donors (Lipinski definition) is 1.